The number of ether oxygens (including phenoxy) is 2. The molecule has 4 rings (SSSR count). The Balaban J connectivity index is 1.41. The second-order valence-corrected chi connectivity index (χ2v) is 9.37. The van der Waals surface area contributed by atoms with Crippen LogP contribution in [-0.4, -0.2) is 74.0 Å². The molecule has 2 heterocycles. The van der Waals surface area contributed by atoms with Gasteiger partial charge in [-0.15, -0.1) is 0 Å². The molecule has 8 heteroatoms. The van der Waals surface area contributed by atoms with Gasteiger partial charge in [-0.05, 0) is 43.5 Å². The van der Waals surface area contributed by atoms with Gasteiger partial charge in [0, 0.05) is 56.0 Å². The predicted octanol–water partition coefficient (Wildman–Crippen LogP) is 3.60. The summed E-state index contributed by atoms with van der Waals surface area (Å²) in [5, 5.41) is 0. The van der Waals surface area contributed by atoms with Crippen molar-refractivity contribution in [2.24, 2.45) is 5.92 Å². The number of carbonyl (C=O) groups is 3. The summed E-state index contributed by atoms with van der Waals surface area (Å²) in [5.41, 5.74) is 1.39. The molecule has 2 aliphatic rings. The normalized spacial score (nSPS) is 18.3. The average molecular weight is 494 g/mol. The molecule has 0 radical (unpaired) electrons. The van der Waals surface area contributed by atoms with Gasteiger partial charge in [-0.3, -0.25) is 14.4 Å². The van der Waals surface area contributed by atoms with Gasteiger partial charge < -0.3 is 24.2 Å². The van der Waals surface area contributed by atoms with E-state index in [0.29, 0.717) is 48.9 Å². The van der Waals surface area contributed by atoms with Crippen LogP contribution in [-0.2, 0) is 9.59 Å². The summed E-state index contributed by atoms with van der Waals surface area (Å²) in [6.07, 6.45) is 2.52. The van der Waals surface area contributed by atoms with Crippen LogP contribution in [0.2, 0.25) is 0 Å². The van der Waals surface area contributed by atoms with Crippen molar-refractivity contribution in [3.63, 3.8) is 0 Å². The molecule has 1 unspecified atom stereocenters. The van der Waals surface area contributed by atoms with Gasteiger partial charge in [0.2, 0.25) is 11.8 Å². The molecule has 2 aliphatic heterocycles. The number of likely N-dealkylation sites (tertiary alicyclic amines) is 1. The molecule has 3 amide bonds. The molecule has 8 nitrogen and oxygen atoms in total. The van der Waals surface area contributed by atoms with Crippen molar-refractivity contribution < 1.29 is 23.9 Å². The highest BCUT2D eigenvalue weighted by Gasteiger charge is 2.39. The Morgan fingerprint density at radius 2 is 1.69 bits per heavy atom. The van der Waals surface area contributed by atoms with E-state index in [1.807, 2.05) is 46.2 Å². The van der Waals surface area contributed by atoms with E-state index in [-0.39, 0.29) is 36.1 Å². The summed E-state index contributed by atoms with van der Waals surface area (Å²) >= 11 is 0. The number of methoxy groups -OCH3 is 2. The Morgan fingerprint density at radius 1 is 1.00 bits per heavy atom. The van der Waals surface area contributed by atoms with Crippen LogP contribution in [0.3, 0.4) is 0 Å². The first kappa shape index (κ1) is 25.5. The fraction of sp³-hybridized carbons (Fsp3) is 0.464. The summed E-state index contributed by atoms with van der Waals surface area (Å²) in [7, 11) is 3.12. The van der Waals surface area contributed by atoms with E-state index >= 15 is 0 Å². The molecular formula is C28H35N3O5. The second-order valence-electron chi connectivity index (χ2n) is 9.37. The molecule has 1 atom stereocenters. The van der Waals surface area contributed by atoms with Gasteiger partial charge in [0.1, 0.15) is 0 Å². The lowest BCUT2D eigenvalue weighted by Gasteiger charge is -2.39. The fourth-order valence-corrected chi connectivity index (χ4v) is 5.21. The van der Waals surface area contributed by atoms with Crippen molar-refractivity contribution in [1.82, 2.24) is 9.80 Å². The van der Waals surface area contributed by atoms with Crippen LogP contribution in [0.4, 0.5) is 5.69 Å². The van der Waals surface area contributed by atoms with Gasteiger partial charge in [0.25, 0.3) is 5.91 Å². The summed E-state index contributed by atoms with van der Waals surface area (Å²) in [4.78, 5) is 44.8. The van der Waals surface area contributed by atoms with Gasteiger partial charge in [-0.2, -0.15) is 0 Å². The molecule has 2 fully saturated rings. The SMILES string of the molecule is CCCN(C(=O)C1CC(=O)N(c2ccc(OC)c(OC)c2)C1)C1CCN(C(=O)c2ccccc2)CC1. The van der Waals surface area contributed by atoms with Crippen LogP contribution >= 0.6 is 0 Å². The van der Waals surface area contributed by atoms with Crippen molar-refractivity contribution in [1.29, 1.82) is 0 Å². The number of amides is 3. The first-order chi connectivity index (χ1) is 17.5. The first-order valence-electron chi connectivity index (χ1n) is 12.6. The third-order valence-electron chi connectivity index (χ3n) is 7.11. The Morgan fingerprint density at radius 3 is 2.33 bits per heavy atom. The smallest absolute Gasteiger partial charge is 0.253 e. The molecule has 0 bridgehead atoms. The van der Waals surface area contributed by atoms with E-state index < -0.39 is 0 Å². The van der Waals surface area contributed by atoms with E-state index in [1.54, 1.807) is 31.3 Å². The molecule has 2 aromatic carbocycles. The highest BCUT2D eigenvalue weighted by molar-refractivity contribution is 6.00. The molecular weight excluding hydrogens is 458 g/mol. The van der Waals surface area contributed by atoms with Crippen molar-refractivity contribution in [2.75, 3.05) is 45.3 Å². The van der Waals surface area contributed by atoms with Gasteiger partial charge in [0.05, 0.1) is 20.1 Å². The number of hydrogen-bond donors (Lipinski definition) is 0. The van der Waals surface area contributed by atoms with Gasteiger partial charge >= 0.3 is 0 Å². The monoisotopic (exact) mass is 493 g/mol. The summed E-state index contributed by atoms with van der Waals surface area (Å²) < 4.78 is 10.7. The minimum atomic E-state index is -0.388. The fourth-order valence-electron chi connectivity index (χ4n) is 5.21. The van der Waals surface area contributed by atoms with Crippen molar-refractivity contribution >= 4 is 23.4 Å². The van der Waals surface area contributed by atoms with Crippen LogP contribution in [0, 0.1) is 5.92 Å². The third-order valence-corrected chi connectivity index (χ3v) is 7.11. The number of carbonyl (C=O) groups excluding carboxylic acids is 3. The Hall–Kier alpha value is -3.55. The Kier molecular flexibility index (Phi) is 8.13. The molecule has 2 aromatic rings. The number of anilines is 1. The molecule has 0 aromatic heterocycles. The topological polar surface area (TPSA) is 79.4 Å². The maximum absolute atomic E-state index is 13.6. The summed E-state index contributed by atoms with van der Waals surface area (Å²) in [6, 6.07) is 14.7. The molecule has 0 spiro atoms. The number of rotatable bonds is 8. The minimum Gasteiger partial charge on any atom is -0.493 e. The van der Waals surface area contributed by atoms with Crippen LogP contribution in [0.25, 0.3) is 0 Å². The zero-order valence-electron chi connectivity index (χ0n) is 21.3. The summed E-state index contributed by atoms with van der Waals surface area (Å²) in [6.45, 7) is 4.29. The number of piperidine rings is 1. The maximum atomic E-state index is 13.6. The van der Waals surface area contributed by atoms with Crippen LogP contribution < -0.4 is 14.4 Å². The molecule has 0 saturated carbocycles. The molecule has 0 N–H and O–H groups in total. The third kappa shape index (κ3) is 5.32. The lowest BCUT2D eigenvalue weighted by atomic mass is 9.98. The molecule has 36 heavy (non-hydrogen) atoms. The van der Waals surface area contributed by atoms with E-state index in [2.05, 4.69) is 6.92 Å². The summed E-state index contributed by atoms with van der Waals surface area (Å²) in [5.74, 6) is 0.741. The largest absolute Gasteiger partial charge is 0.493 e. The number of nitrogens with zero attached hydrogens (tertiary/aromatic N) is 3. The molecule has 192 valence electrons. The molecule has 2 saturated heterocycles. The Bertz CT molecular complexity index is 1080. The quantitative estimate of drug-likeness (QED) is 0.562. The van der Waals surface area contributed by atoms with E-state index in [9.17, 15) is 14.4 Å². The zero-order valence-corrected chi connectivity index (χ0v) is 21.3. The highest BCUT2D eigenvalue weighted by atomic mass is 16.5. The average Bonchev–Trinajstić information content (AvgIpc) is 3.32. The number of hydrogen-bond acceptors (Lipinski definition) is 5. The van der Waals surface area contributed by atoms with Crippen LogP contribution in [0.1, 0.15) is 43.0 Å². The van der Waals surface area contributed by atoms with Crippen molar-refractivity contribution in [2.45, 2.75) is 38.6 Å². The minimum absolute atomic E-state index is 0.0287. The van der Waals surface area contributed by atoms with E-state index in [4.69, 9.17) is 9.47 Å². The maximum Gasteiger partial charge on any atom is 0.253 e. The second kappa shape index (κ2) is 11.5. The van der Waals surface area contributed by atoms with E-state index in [1.165, 1.54) is 0 Å². The van der Waals surface area contributed by atoms with Gasteiger partial charge in [-0.1, -0.05) is 25.1 Å². The lowest BCUT2D eigenvalue weighted by Crippen LogP contribution is -2.50. The van der Waals surface area contributed by atoms with Gasteiger partial charge in [-0.25, -0.2) is 0 Å². The highest BCUT2D eigenvalue weighted by Crippen LogP contribution is 2.35. The predicted molar refractivity (Wildman–Crippen MR) is 137 cm³/mol. The van der Waals surface area contributed by atoms with Crippen molar-refractivity contribution in [3.8, 4) is 11.5 Å². The van der Waals surface area contributed by atoms with Crippen LogP contribution in [0.5, 0.6) is 11.5 Å². The van der Waals surface area contributed by atoms with Gasteiger partial charge in [0.15, 0.2) is 11.5 Å². The molecule has 0 aliphatic carbocycles. The van der Waals surface area contributed by atoms with E-state index in [0.717, 1.165) is 19.3 Å². The lowest BCUT2D eigenvalue weighted by molar-refractivity contribution is -0.139. The number of benzene rings is 2. The standard InChI is InChI=1S/C28H35N3O5/c1-4-14-30(22-12-15-29(16-13-22)27(33)20-8-6-5-7-9-20)28(34)21-17-26(32)31(19-21)23-10-11-24(35-2)25(18-23)36-3/h5-11,18,21-22H,4,12-17,19H2,1-3H3. The zero-order chi connectivity index (χ0) is 25.7. The first-order valence-corrected chi connectivity index (χ1v) is 12.6. The Labute approximate surface area is 212 Å². The van der Waals surface area contributed by atoms with Crippen LogP contribution in [0.15, 0.2) is 48.5 Å². The van der Waals surface area contributed by atoms with Crippen molar-refractivity contribution in [3.05, 3.63) is 54.1 Å².